The number of anilines is 1. The summed E-state index contributed by atoms with van der Waals surface area (Å²) in [6, 6.07) is 11.3. The van der Waals surface area contributed by atoms with Crippen molar-refractivity contribution in [1.29, 1.82) is 0 Å². The number of carbonyl (C=O) groups excluding carboxylic acids is 1. The molecule has 0 fully saturated rings. The van der Waals surface area contributed by atoms with E-state index in [1.165, 1.54) is 13.2 Å². The van der Waals surface area contributed by atoms with Gasteiger partial charge in [0.05, 0.1) is 45.2 Å². The van der Waals surface area contributed by atoms with Crippen molar-refractivity contribution in [3.05, 3.63) is 74.4 Å². The smallest absolute Gasteiger partial charge is 0.319 e. The van der Waals surface area contributed by atoms with Crippen LogP contribution >= 0.6 is 11.6 Å². The van der Waals surface area contributed by atoms with E-state index >= 15 is 0 Å². The van der Waals surface area contributed by atoms with Crippen LogP contribution in [0.1, 0.15) is 29.2 Å². The number of ether oxygens (including phenoxy) is 4. The molecule has 0 heterocycles. The predicted molar refractivity (Wildman–Crippen MR) is 144 cm³/mol. The van der Waals surface area contributed by atoms with Gasteiger partial charge >= 0.3 is 6.03 Å². The Bertz CT molecular complexity index is 1410. The van der Waals surface area contributed by atoms with Crippen LogP contribution in [0.4, 0.5) is 10.5 Å². The lowest BCUT2D eigenvalue weighted by Gasteiger charge is -2.20. The summed E-state index contributed by atoms with van der Waals surface area (Å²) in [5.74, 6) is 1.63. The molecular weight excluding hydrogens is 496 g/mol. The highest BCUT2D eigenvalue weighted by molar-refractivity contribution is 6.33. The van der Waals surface area contributed by atoms with Crippen molar-refractivity contribution >= 4 is 23.3 Å². The molecule has 0 unspecified atom stereocenters. The first-order chi connectivity index (χ1) is 17.8. The average Bonchev–Trinajstić information content (AvgIpc) is 3.13. The zero-order valence-electron chi connectivity index (χ0n) is 21.4. The lowest BCUT2D eigenvalue weighted by atomic mass is 9.95. The second-order valence-corrected chi connectivity index (χ2v) is 9.04. The van der Waals surface area contributed by atoms with Gasteiger partial charge in [-0.25, -0.2) is 4.79 Å². The van der Waals surface area contributed by atoms with Gasteiger partial charge in [-0.15, -0.1) is 0 Å². The fourth-order valence-corrected chi connectivity index (χ4v) is 4.94. The number of rotatable bonds is 6. The van der Waals surface area contributed by atoms with E-state index in [1.54, 1.807) is 45.6 Å². The van der Waals surface area contributed by atoms with E-state index in [4.69, 9.17) is 30.5 Å². The number of nitrogens with one attached hydrogen (secondary N) is 2. The van der Waals surface area contributed by atoms with Crippen LogP contribution in [0, 0.1) is 6.92 Å². The monoisotopic (exact) mass is 524 g/mol. The molecule has 2 N–H and O–H groups in total. The SMILES string of the molecule is COc1cc2c(c(OC)c1OC)-c1ccc(OC)c(=O)cc1[C@@H](NC(=O)Nc1ccc(C)cc1Cl)CC2. The molecule has 4 rings (SSSR count). The molecule has 0 spiro atoms. The lowest BCUT2D eigenvalue weighted by molar-refractivity contribution is 0.248. The molecular formula is C28H29ClN2O6. The van der Waals surface area contributed by atoms with Crippen LogP contribution in [-0.2, 0) is 6.42 Å². The second kappa shape index (κ2) is 11.0. The van der Waals surface area contributed by atoms with Gasteiger partial charge in [-0.2, -0.15) is 0 Å². The average molecular weight is 525 g/mol. The second-order valence-electron chi connectivity index (χ2n) is 8.63. The number of hydrogen-bond acceptors (Lipinski definition) is 6. The van der Waals surface area contributed by atoms with Crippen LogP contribution in [0.3, 0.4) is 0 Å². The minimum absolute atomic E-state index is 0.184. The first-order valence-electron chi connectivity index (χ1n) is 11.7. The molecule has 3 aromatic carbocycles. The predicted octanol–water partition coefficient (Wildman–Crippen LogP) is 5.52. The van der Waals surface area contributed by atoms with Crippen molar-refractivity contribution < 1.29 is 23.7 Å². The Kier molecular flexibility index (Phi) is 7.78. The van der Waals surface area contributed by atoms with Crippen LogP contribution in [0.5, 0.6) is 23.0 Å². The Labute approximate surface area is 220 Å². The van der Waals surface area contributed by atoms with Gasteiger partial charge in [0, 0.05) is 5.56 Å². The molecule has 3 aromatic rings. The van der Waals surface area contributed by atoms with E-state index in [0.29, 0.717) is 51.9 Å². The minimum atomic E-state index is -0.502. The number of fused-ring (bicyclic) bond motifs is 3. The Morgan fingerprint density at radius 3 is 2.30 bits per heavy atom. The molecule has 37 heavy (non-hydrogen) atoms. The molecule has 194 valence electrons. The van der Waals surface area contributed by atoms with Crippen LogP contribution < -0.4 is 35.0 Å². The normalized spacial score (nSPS) is 13.9. The zero-order valence-corrected chi connectivity index (χ0v) is 22.1. The zero-order chi connectivity index (χ0) is 26.7. The number of hydrogen-bond donors (Lipinski definition) is 2. The molecule has 8 nitrogen and oxygen atoms in total. The highest BCUT2D eigenvalue weighted by Crippen LogP contribution is 2.50. The van der Waals surface area contributed by atoms with Gasteiger partial charge in [-0.1, -0.05) is 23.7 Å². The van der Waals surface area contributed by atoms with Crippen molar-refractivity contribution in [1.82, 2.24) is 5.32 Å². The van der Waals surface area contributed by atoms with Crippen molar-refractivity contribution in [2.45, 2.75) is 25.8 Å². The number of methoxy groups -OCH3 is 4. The number of halogens is 1. The molecule has 1 atom stereocenters. The quantitative estimate of drug-likeness (QED) is 0.441. The van der Waals surface area contributed by atoms with E-state index in [-0.39, 0.29) is 11.2 Å². The topological polar surface area (TPSA) is 95.1 Å². The van der Waals surface area contributed by atoms with Crippen molar-refractivity contribution in [2.24, 2.45) is 0 Å². The molecule has 9 heteroatoms. The third-order valence-corrected chi connectivity index (χ3v) is 6.71. The number of carbonyl (C=O) groups is 1. The molecule has 0 aromatic heterocycles. The van der Waals surface area contributed by atoms with Gasteiger partial charge < -0.3 is 29.6 Å². The highest BCUT2D eigenvalue weighted by atomic mass is 35.5. The first kappa shape index (κ1) is 26.2. The summed E-state index contributed by atoms with van der Waals surface area (Å²) >= 11 is 6.31. The van der Waals surface area contributed by atoms with Crippen LogP contribution in [-0.4, -0.2) is 34.5 Å². The van der Waals surface area contributed by atoms with Gasteiger partial charge in [0.25, 0.3) is 0 Å². The van der Waals surface area contributed by atoms with Crippen molar-refractivity contribution in [3.63, 3.8) is 0 Å². The maximum absolute atomic E-state index is 13.1. The lowest BCUT2D eigenvalue weighted by Crippen LogP contribution is -2.33. The third kappa shape index (κ3) is 5.15. The Hall–Kier alpha value is -3.91. The summed E-state index contributed by atoms with van der Waals surface area (Å²) in [4.78, 5) is 26.1. The Balaban J connectivity index is 1.84. The number of aryl methyl sites for hydroxylation is 2. The molecule has 2 amide bonds. The van der Waals surface area contributed by atoms with Crippen molar-refractivity contribution in [3.8, 4) is 34.1 Å². The minimum Gasteiger partial charge on any atom is -0.493 e. The van der Waals surface area contributed by atoms with E-state index in [2.05, 4.69) is 10.6 Å². The van der Waals surface area contributed by atoms with Gasteiger partial charge in [0.2, 0.25) is 11.2 Å². The largest absolute Gasteiger partial charge is 0.493 e. The molecule has 0 radical (unpaired) electrons. The molecule has 1 aliphatic rings. The van der Waals surface area contributed by atoms with Crippen molar-refractivity contribution in [2.75, 3.05) is 33.8 Å². The van der Waals surface area contributed by atoms with Gasteiger partial charge in [0.1, 0.15) is 0 Å². The number of benzene rings is 2. The van der Waals surface area contributed by atoms with Crippen LogP contribution in [0.25, 0.3) is 11.1 Å². The summed E-state index contributed by atoms with van der Waals surface area (Å²) in [6.07, 6.45) is 1.09. The molecule has 0 saturated heterocycles. The molecule has 0 bridgehead atoms. The van der Waals surface area contributed by atoms with E-state index in [9.17, 15) is 9.59 Å². The number of amides is 2. The summed E-state index contributed by atoms with van der Waals surface area (Å²) in [5, 5.41) is 6.27. The fourth-order valence-electron chi connectivity index (χ4n) is 4.65. The highest BCUT2D eigenvalue weighted by Gasteiger charge is 2.30. The fraction of sp³-hybridized carbons (Fsp3) is 0.286. The standard InChI is InChI=1S/C28H29ClN2O6/c1-15-6-9-21(19(29)12-15)31-28(33)30-20-10-7-16-13-24(35-3)26(36-4)27(37-5)25(16)17-8-11-23(34-2)22(32)14-18(17)20/h6,8-9,11-14,20H,7,10H2,1-5H3,(H2,30,31,33)/t20-/m0/s1. The summed E-state index contributed by atoms with van der Waals surface area (Å²) < 4.78 is 22.3. The molecule has 1 aliphatic carbocycles. The number of urea groups is 1. The van der Waals surface area contributed by atoms with E-state index in [0.717, 1.165) is 16.7 Å². The maximum atomic E-state index is 13.1. The van der Waals surface area contributed by atoms with Crippen LogP contribution in [0.15, 0.2) is 47.3 Å². The summed E-state index contributed by atoms with van der Waals surface area (Å²) in [6.45, 7) is 1.92. The Morgan fingerprint density at radius 1 is 0.919 bits per heavy atom. The third-order valence-electron chi connectivity index (χ3n) is 6.40. The van der Waals surface area contributed by atoms with E-state index < -0.39 is 12.1 Å². The molecule has 0 aliphatic heterocycles. The van der Waals surface area contributed by atoms with Gasteiger partial charge in [-0.3, -0.25) is 4.79 Å². The van der Waals surface area contributed by atoms with E-state index in [1.807, 2.05) is 19.1 Å². The van der Waals surface area contributed by atoms with Gasteiger partial charge in [-0.05, 0) is 72.4 Å². The first-order valence-corrected chi connectivity index (χ1v) is 12.1. The van der Waals surface area contributed by atoms with Crippen LogP contribution in [0.2, 0.25) is 5.02 Å². The molecule has 0 saturated carbocycles. The summed E-state index contributed by atoms with van der Waals surface area (Å²) in [7, 11) is 6.10. The maximum Gasteiger partial charge on any atom is 0.319 e. The summed E-state index contributed by atoms with van der Waals surface area (Å²) in [5.41, 5.74) is 4.20. The Morgan fingerprint density at radius 2 is 1.65 bits per heavy atom. The van der Waals surface area contributed by atoms with Gasteiger partial charge in [0.15, 0.2) is 17.2 Å².